The maximum atomic E-state index is 12.1. The van der Waals surface area contributed by atoms with E-state index >= 15 is 0 Å². The normalized spacial score (nSPS) is 15.1. The van der Waals surface area contributed by atoms with E-state index in [9.17, 15) is 4.79 Å². The third kappa shape index (κ3) is 5.51. The maximum absolute atomic E-state index is 12.1. The van der Waals surface area contributed by atoms with Gasteiger partial charge in [0, 0.05) is 54.6 Å². The summed E-state index contributed by atoms with van der Waals surface area (Å²) in [6.45, 7) is 6.38. The lowest BCUT2D eigenvalue weighted by Crippen LogP contribution is -2.44. The maximum Gasteiger partial charge on any atom is 0.225 e. The summed E-state index contributed by atoms with van der Waals surface area (Å²) in [5.41, 5.74) is 3.35. The zero-order valence-corrected chi connectivity index (χ0v) is 16.4. The van der Waals surface area contributed by atoms with Gasteiger partial charge in [-0.25, -0.2) is 0 Å². The average molecular weight is 370 g/mol. The van der Waals surface area contributed by atoms with Gasteiger partial charge in [-0.2, -0.15) is 0 Å². The van der Waals surface area contributed by atoms with E-state index in [1.165, 1.54) is 16.1 Å². The molecule has 0 atom stereocenters. The summed E-state index contributed by atoms with van der Waals surface area (Å²) >= 11 is 1.72. The number of amides is 1. The van der Waals surface area contributed by atoms with Crippen LogP contribution in [0, 0.1) is 6.92 Å². The molecule has 0 aliphatic carbocycles. The number of thioether (sulfide) groups is 1. The van der Waals surface area contributed by atoms with E-state index in [-0.39, 0.29) is 5.91 Å². The quantitative estimate of drug-likeness (QED) is 0.784. The summed E-state index contributed by atoms with van der Waals surface area (Å²) in [4.78, 5) is 18.1. The minimum atomic E-state index is 0.0666. The van der Waals surface area contributed by atoms with E-state index in [1.807, 2.05) is 12.1 Å². The second kappa shape index (κ2) is 9.10. The van der Waals surface area contributed by atoms with E-state index in [4.69, 9.17) is 0 Å². The van der Waals surface area contributed by atoms with Crippen molar-refractivity contribution < 1.29 is 4.79 Å². The first-order valence-electron chi connectivity index (χ1n) is 9.13. The van der Waals surface area contributed by atoms with Crippen molar-refractivity contribution in [3.63, 3.8) is 0 Å². The highest BCUT2D eigenvalue weighted by Gasteiger charge is 2.14. The molecule has 0 spiro atoms. The van der Waals surface area contributed by atoms with Gasteiger partial charge in [-0.15, -0.1) is 11.8 Å². The molecule has 0 bridgehead atoms. The van der Waals surface area contributed by atoms with Crippen LogP contribution < -0.4 is 10.2 Å². The lowest BCUT2D eigenvalue weighted by atomic mass is 10.2. The minimum Gasteiger partial charge on any atom is -0.369 e. The van der Waals surface area contributed by atoms with Gasteiger partial charge in [0.25, 0.3) is 0 Å². The van der Waals surface area contributed by atoms with Crippen LogP contribution in [0.25, 0.3) is 0 Å². The average Bonchev–Trinajstić information content (AvgIpc) is 2.65. The first-order valence-corrected chi connectivity index (χ1v) is 10.1. The lowest BCUT2D eigenvalue weighted by Gasteiger charge is -2.34. The molecular weight excluding hydrogens is 342 g/mol. The van der Waals surface area contributed by atoms with Crippen molar-refractivity contribution in [3.05, 3.63) is 54.1 Å². The Kier molecular flexibility index (Phi) is 6.58. The van der Waals surface area contributed by atoms with Crippen molar-refractivity contribution in [1.82, 2.24) is 4.90 Å². The van der Waals surface area contributed by atoms with E-state index in [2.05, 4.69) is 65.5 Å². The first-order chi connectivity index (χ1) is 12.6. The molecule has 1 N–H and O–H groups in total. The van der Waals surface area contributed by atoms with E-state index < -0.39 is 0 Å². The van der Waals surface area contributed by atoms with Gasteiger partial charge in [-0.3, -0.25) is 4.79 Å². The predicted octanol–water partition coefficient (Wildman–Crippen LogP) is 3.87. The van der Waals surface area contributed by atoms with Gasteiger partial charge in [-0.05, 0) is 50.4 Å². The fourth-order valence-electron chi connectivity index (χ4n) is 2.94. The third-order valence-corrected chi connectivity index (χ3v) is 5.65. The summed E-state index contributed by atoms with van der Waals surface area (Å²) in [5.74, 6) is 0.853. The molecule has 1 aliphatic rings. The molecule has 0 unspecified atom stereocenters. The number of carbonyl (C=O) groups excluding carboxylic acids is 1. The SMILES string of the molecule is Cc1ccc(SCCC(=O)Nc2ccc(N3CCN(C)CC3)cc2)cc1. The van der Waals surface area contributed by atoms with Gasteiger partial charge in [-0.1, -0.05) is 17.7 Å². The standard InChI is InChI=1S/C21H27N3OS/c1-17-3-9-20(10-4-17)26-16-11-21(25)22-18-5-7-19(8-6-18)24-14-12-23(2)13-15-24/h3-10H,11-16H2,1-2H3,(H,22,25). The number of nitrogens with zero attached hydrogens (tertiary/aromatic N) is 2. The van der Waals surface area contributed by atoms with Crippen LogP contribution in [0.2, 0.25) is 0 Å². The summed E-state index contributed by atoms with van der Waals surface area (Å²) in [6, 6.07) is 16.6. The molecule has 1 aliphatic heterocycles. The largest absolute Gasteiger partial charge is 0.369 e. The molecule has 3 rings (SSSR count). The van der Waals surface area contributed by atoms with E-state index in [1.54, 1.807) is 11.8 Å². The molecule has 1 amide bonds. The highest BCUT2D eigenvalue weighted by Crippen LogP contribution is 2.21. The Labute approximate surface area is 160 Å². The Morgan fingerprint density at radius 2 is 1.65 bits per heavy atom. The molecule has 5 heteroatoms. The van der Waals surface area contributed by atoms with Gasteiger partial charge in [0.05, 0.1) is 0 Å². The van der Waals surface area contributed by atoms with Crippen molar-refractivity contribution in [3.8, 4) is 0 Å². The molecule has 4 nitrogen and oxygen atoms in total. The summed E-state index contributed by atoms with van der Waals surface area (Å²) < 4.78 is 0. The number of rotatable bonds is 6. The molecule has 2 aromatic rings. The van der Waals surface area contributed by atoms with Gasteiger partial charge < -0.3 is 15.1 Å². The van der Waals surface area contributed by atoms with Crippen molar-refractivity contribution in [2.24, 2.45) is 0 Å². The second-order valence-corrected chi connectivity index (χ2v) is 7.97. The Morgan fingerprint density at radius 3 is 2.31 bits per heavy atom. The molecule has 1 heterocycles. The van der Waals surface area contributed by atoms with Gasteiger partial charge in [0.15, 0.2) is 0 Å². The first kappa shape index (κ1) is 18.8. The Bertz CT molecular complexity index is 707. The lowest BCUT2D eigenvalue weighted by molar-refractivity contribution is -0.115. The predicted molar refractivity (Wildman–Crippen MR) is 111 cm³/mol. The van der Waals surface area contributed by atoms with Crippen LogP contribution in [-0.4, -0.2) is 49.8 Å². The van der Waals surface area contributed by atoms with Crippen molar-refractivity contribution >= 4 is 29.0 Å². The highest BCUT2D eigenvalue weighted by atomic mass is 32.2. The number of carbonyl (C=O) groups is 1. The van der Waals surface area contributed by atoms with Crippen LogP contribution in [0.15, 0.2) is 53.4 Å². The van der Waals surface area contributed by atoms with Crippen LogP contribution in [0.1, 0.15) is 12.0 Å². The van der Waals surface area contributed by atoms with Gasteiger partial charge >= 0.3 is 0 Å². The summed E-state index contributed by atoms with van der Waals surface area (Å²) in [7, 11) is 2.16. The number of nitrogens with one attached hydrogen (secondary N) is 1. The molecule has 1 fully saturated rings. The van der Waals surface area contributed by atoms with Crippen molar-refractivity contribution in [2.75, 3.05) is 49.2 Å². The number of piperazine rings is 1. The van der Waals surface area contributed by atoms with Crippen LogP contribution in [0.3, 0.4) is 0 Å². The Hall–Kier alpha value is -1.98. The van der Waals surface area contributed by atoms with Crippen molar-refractivity contribution in [1.29, 1.82) is 0 Å². The molecule has 1 saturated heterocycles. The summed E-state index contributed by atoms with van der Waals surface area (Å²) in [6.07, 6.45) is 0.513. The monoisotopic (exact) mass is 369 g/mol. The third-order valence-electron chi connectivity index (χ3n) is 4.64. The molecule has 0 saturated carbocycles. The number of hydrogen-bond acceptors (Lipinski definition) is 4. The Balaban J connectivity index is 1.43. The molecule has 2 aromatic carbocycles. The molecule has 0 radical (unpaired) electrons. The van der Waals surface area contributed by atoms with Gasteiger partial charge in [0.1, 0.15) is 0 Å². The summed E-state index contributed by atoms with van der Waals surface area (Å²) in [5, 5.41) is 3.00. The van der Waals surface area contributed by atoms with Crippen LogP contribution in [-0.2, 0) is 4.79 Å². The fraction of sp³-hybridized carbons (Fsp3) is 0.381. The van der Waals surface area contributed by atoms with Crippen LogP contribution in [0.4, 0.5) is 11.4 Å². The number of benzene rings is 2. The molecule has 26 heavy (non-hydrogen) atoms. The fourth-order valence-corrected chi connectivity index (χ4v) is 3.79. The highest BCUT2D eigenvalue weighted by molar-refractivity contribution is 7.99. The number of anilines is 2. The Morgan fingerprint density at radius 1 is 1.00 bits per heavy atom. The van der Waals surface area contributed by atoms with E-state index in [0.29, 0.717) is 6.42 Å². The zero-order chi connectivity index (χ0) is 18.4. The number of aryl methyl sites for hydroxylation is 1. The van der Waals surface area contributed by atoms with Crippen LogP contribution in [0.5, 0.6) is 0 Å². The topological polar surface area (TPSA) is 35.6 Å². The zero-order valence-electron chi connectivity index (χ0n) is 15.6. The molecule has 0 aromatic heterocycles. The minimum absolute atomic E-state index is 0.0666. The van der Waals surface area contributed by atoms with E-state index in [0.717, 1.165) is 37.6 Å². The van der Waals surface area contributed by atoms with Crippen LogP contribution >= 0.6 is 11.8 Å². The van der Waals surface area contributed by atoms with Crippen molar-refractivity contribution in [2.45, 2.75) is 18.2 Å². The number of likely N-dealkylation sites (N-methyl/N-ethyl adjacent to an activating group) is 1. The smallest absolute Gasteiger partial charge is 0.225 e. The molecular formula is C21H27N3OS. The number of hydrogen-bond donors (Lipinski definition) is 1. The molecule has 138 valence electrons. The van der Waals surface area contributed by atoms with Gasteiger partial charge in [0.2, 0.25) is 5.91 Å². The second-order valence-electron chi connectivity index (χ2n) is 6.80.